The van der Waals surface area contributed by atoms with Gasteiger partial charge in [0.2, 0.25) is 0 Å². The molecule has 0 aliphatic carbocycles. The lowest BCUT2D eigenvalue weighted by Crippen LogP contribution is -2.24. The van der Waals surface area contributed by atoms with Crippen LogP contribution in [0.4, 0.5) is 0 Å². The topological polar surface area (TPSA) is 21.3 Å². The molecule has 0 aliphatic heterocycles. The van der Waals surface area contributed by atoms with Gasteiger partial charge in [0.25, 0.3) is 0 Å². The van der Waals surface area contributed by atoms with Gasteiger partial charge >= 0.3 is 0 Å². The fourth-order valence-corrected chi connectivity index (χ4v) is 2.56. The molecule has 2 aromatic carbocycles. The van der Waals surface area contributed by atoms with Crippen LogP contribution in [0.2, 0.25) is 0 Å². The molecule has 0 bridgehead atoms. The molecular weight excluding hydrogens is 258 g/mol. The van der Waals surface area contributed by atoms with Crippen LogP contribution in [0.3, 0.4) is 0 Å². The fourth-order valence-electron chi connectivity index (χ4n) is 2.56. The Labute approximate surface area is 128 Å². The molecule has 0 radical (unpaired) electrons. The van der Waals surface area contributed by atoms with Crippen molar-refractivity contribution in [1.82, 2.24) is 5.32 Å². The molecule has 1 N–H and O–H groups in total. The molecule has 2 heteroatoms. The van der Waals surface area contributed by atoms with Crippen molar-refractivity contribution in [3.8, 4) is 5.75 Å². The van der Waals surface area contributed by atoms with Gasteiger partial charge < -0.3 is 10.1 Å². The number of hydrogen-bond donors (Lipinski definition) is 1. The van der Waals surface area contributed by atoms with Crippen LogP contribution >= 0.6 is 0 Å². The SMILES string of the molecule is CCCNC(c1cccc(OCC)c1)c1ccccc1C. The minimum absolute atomic E-state index is 0.214. The summed E-state index contributed by atoms with van der Waals surface area (Å²) >= 11 is 0. The normalized spacial score (nSPS) is 12.1. The Morgan fingerprint density at radius 3 is 2.57 bits per heavy atom. The fraction of sp³-hybridized carbons (Fsp3) is 0.368. The molecule has 1 atom stereocenters. The molecule has 0 heterocycles. The number of ether oxygens (including phenoxy) is 1. The Hall–Kier alpha value is -1.80. The maximum Gasteiger partial charge on any atom is 0.119 e. The Morgan fingerprint density at radius 2 is 1.86 bits per heavy atom. The smallest absolute Gasteiger partial charge is 0.119 e. The lowest BCUT2D eigenvalue weighted by Gasteiger charge is -2.22. The van der Waals surface area contributed by atoms with Crippen LogP contribution in [-0.2, 0) is 0 Å². The quantitative estimate of drug-likeness (QED) is 0.808. The lowest BCUT2D eigenvalue weighted by atomic mass is 9.94. The Morgan fingerprint density at radius 1 is 1.05 bits per heavy atom. The molecule has 0 aromatic heterocycles. The zero-order valence-electron chi connectivity index (χ0n) is 13.2. The zero-order chi connectivity index (χ0) is 15.1. The minimum Gasteiger partial charge on any atom is -0.494 e. The van der Waals surface area contributed by atoms with Crippen molar-refractivity contribution in [3.63, 3.8) is 0 Å². The number of nitrogens with one attached hydrogen (secondary N) is 1. The molecule has 2 aromatic rings. The molecule has 0 aliphatic rings. The van der Waals surface area contributed by atoms with Gasteiger partial charge in [-0.25, -0.2) is 0 Å². The summed E-state index contributed by atoms with van der Waals surface area (Å²) in [4.78, 5) is 0. The van der Waals surface area contributed by atoms with E-state index in [0.717, 1.165) is 18.7 Å². The van der Waals surface area contributed by atoms with Crippen molar-refractivity contribution >= 4 is 0 Å². The molecule has 2 rings (SSSR count). The van der Waals surface area contributed by atoms with Crippen molar-refractivity contribution in [3.05, 3.63) is 65.2 Å². The Kier molecular flexibility index (Phi) is 5.82. The van der Waals surface area contributed by atoms with Crippen LogP contribution in [0, 0.1) is 6.92 Å². The molecule has 2 nitrogen and oxygen atoms in total. The zero-order valence-corrected chi connectivity index (χ0v) is 13.2. The molecule has 0 amide bonds. The predicted octanol–water partition coefficient (Wildman–Crippen LogP) is 4.48. The highest BCUT2D eigenvalue weighted by Crippen LogP contribution is 2.27. The Bertz CT molecular complexity index is 565. The number of aryl methyl sites for hydroxylation is 1. The molecule has 0 fully saturated rings. The monoisotopic (exact) mass is 283 g/mol. The van der Waals surface area contributed by atoms with Crippen LogP contribution < -0.4 is 10.1 Å². The van der Waals surface area contributed by atoms with Gasteiger partial charge in [-0.3, -0.25) is 0 Å². The molecule has 0 saturated heterocycles. The second kappa shape index (κ2) is 7.84. The highest BCUT2D eigenvalue weighted by atomic mass is 16.5. The highest BCUT2D eigenvalue weighted by Gasteiger charge is 2.15. The molecule has 1 unspecified atom stereocenters. The summed E-state index contributed by atoms with van der Waals surface area (Å²) in [6, 6.07) is 17.2. The van der Waals surface area contributed by atoms with E-state index in [0.29, 0.717) is 6.61 Å². The van der Waals surface area contributed by atoms with Gasteiger partial charge in [0, 0.05) is 0 Å². The second-order valence-electron chi connectivity index (χ2n) is 5.25. The summed E-state index contributed by atoms with van der Waals surface area (Å²) in [5.41, 5.74) is 3.90. The minimum atomic E-state index is 0.214. The van der Waals surface area contributed by atoms with E-state index in [1.165, 1.54) is 16.7 Å². The number of benzene rings is 2. The first-order chi connectivity index (χ1) is 10.3. The summed E-state index contributed by atoms with van der Waals surface area (Å²) in [6.45, 7) is 8.07. The van der Waals surface area contributed by atoms with Crippen molar-refractivity contribution in [2.45, 2.75) is 33.2 Å². The third kappa shape index (κ3) is 4.08. The predicted molar refractivity (Wildman–Crippen MR) is 88.9 cm³/mol. The van der Waals surface area contributed by atoms with E-state index in [1.807, 2.05) is 13.0 Å². The van der Waals surface area contributed by atoms with Crippen molar-refractivity contribution in [2.75, 3.05) is 13.2 Å². The van der Waals surface area contributed by atoms with E-state index in [1.54, 1.807) is 0 Å². The maximum atomic E-state index is 5.64. The maximum absolute atomic E-state index is 5.64. The number of rotatable bonds is 7. The van der Waals surface area contributed by atoms with Crippen molar-refractivity contribution < 1.29 is 4.74 Å². The van der Waals surface area contributed by atoms with Crippen LogP contribution in [-0.4, -0.2) is 13.2 Å². The van der Waals surface area contributed by atoms with Crippen LogP contribution in [0.25, 0.3) is 0 Å². The first-order valence-electron chi connectivity index (χ1n) is 7.78. The van der Waals surface area contributed by atoms with Gasteiger partial charge in [0.05, 0.1) is 12.6 Å². The van der Waals surface area contributed by atoms with Gasteiger partial charge in [0.1, 0.15) is 5.75 Å². The van der Waals surface area contributed by atoms with Gasteiger partial charge in [-0.15, -0.1) is 0 Å². The first kappa shape index (κ1) is 15.6. The highest BCUT2D eigenvalue weighted by molar-refractivity contribution is 5.39. The van der Waals surface area contributed by atoms with Gasteiger partial charge in [-0.05, 0) is 55.6 Å². The summed E-state index contributed by atoms with van der Waals surface area (Å²) in [5, 5.41) is 3.66. The standard InChI is InChI=1S/C19H25NO/c1-4-13-20-19(18-12-7-6-9-15(18)3)16-10-8-11-17(14-16)21-5-2/h6-12,14,19-20H,4-5,13H2,1-3H3. The molecule has 0 saturated carbocycles. The average Bonchev–Trinajstić information content (AvgIpc) is 2.50. The summed E-state index contributed by atoms with van der Waals surface area (Å²) in [6.07, 6.45) is 1.12. The number of hydrogen-bond acceptors (Lipinski definition) is 2. The van der Waals surface area contributed by atoms with Crippen molar-refractivity contribution in [2.24, 2.45) is 0 Å². The van der Waals surface area contributed by atoms with Crippen LogP contribution in [0.5, 0.6) is 5.75 Å². The molecule has 112 valence electrons. The van der Waals surface area contributed by atoms with Crippen LogP contribution in [0.15, 0.2) is 48.5 Å². The van der Waals surface area contributed by atoms with E-state index < -0.39 is 0 Å². The van der Waals surface area contributed by atoms with Gasteiger partial charge in [0.15, 0.2) is 0 Å². The van der Waals surface area contributed by atoms with E-state index in [4.69, 9.17) is 4.74 Å². The molecule has 0 spiro atoms. The van der Waals surface area contributed by atoms with E-state index in [2.05, 4.69) is 61.6 Å². The summed E-state index contributed by atoms with van der Waals surface area (Å²) in [7, 11) is 0. The Balaban J connectivity index is 2.36. The second-order valence-corrected chi connectivity index (χ2v) is 5.25. The molecule has 21 heavy (non-hydrogen) atoms. The third-order valence-electron chi connectivity index (χ3n) is 3.60. The lowest BCUT2D eigenvalue weighted by molar-refractivity contribution is 0.339. The first-order valence-corrected chi connectivity index (χ1v) is 7.78. The van der Waals surface area contributed by atoms with E-state index in [-0.39, 0.29) is 6.04 Å². The third-order valence-corrected chi connectivity index (χ3v) is 3.60. The summed E-state index contributed by atoms with van der Waals surface area (Å²) < 4.78 is 5.64. The van der Waals surface area contributed by atoms with Gasteiger partial charge in [-0.2, -0.15) is 0 Å². The van der Waals surface area contributed by atoms with Gasteiger partial charge in [-0.1, -0.05) is 43.3 Å². The van der Waals surface area contributed by atoms with Crippen molar-refractivity contribution in [1.29, 1.82) is 0 Å². The van der Waals surface area contributed by atoms with E-state index >= 15 is 0 Å². The average molecular weight is 283 g/mol. The van der Waals surface area contributed by atoms with E-state index in [9.17, 15) is 0 Å². The van der Waals surface area contributed by atoms with Crippen LogP contribution in [0.1, 0.15) is 43.0 Å². The molecular formula is C19H25NO. The summed E-state index contributed by atoms with van der Waals surface area (Å²) in [5.74, 6) is 0.937. The largest absolute Gasteiger partial charge is 0.494 e.